The zero-order valence-corrected chi connectivity index (χ0v) is 54.7. The standard InChI is InChI=1S/C39H22ClN3O2.C24H12BrClO2.C15H12BN3O2.C2H.B2/c40-32-22-36-31(27-13-7-8-14-33(27)44-36)21-29(32)25-16-18-34-30(19-25)28-17-15-26(20-35(28)45-34)39-42-37(23-9-3-1-4-10-23)41-38(43-39)24-11-5-2-6-12-24;25-14-6-7-16-18-9-13(5-8-22(18)28-23(16)10-14)17-11-19-15-3-1-2-4-21(15)27-24(19)12-20(17)26;20-16(21)15-18-13(11-7-3-1-4-8-11)17-14(19-15)12-9-5-2-6-10-12;2*1-2/h1-22H;1-12H;1-10,20-21H;1H;/q;;;-1;. The number of hydrogen-bond donors (Lipinski definition) is 2. The molecule has 98 heavy (non-hydrogen) atoms. The van der Waals surface area contributed by atoms with Crippen molar-refractivity contribution < 1.29 is 27.7 Å². The molecule has 0 unspecified atom stereocenters. The summed E-state index contributed by atoms with van der Waals surface area (Å²) in [6.45, 7) is 0. The highest BCUT2D eigenvalue weighted by Gasteiger charge is 2.22. The van der Waals surface area contributed by atoms with Crippen molar-refractivity contribution >= 4 is 155 Å². The molecular weight excluding hydrogens is 1320 g/mol. The van der Waals surface area contributed by atoms with Gasteiger partial charge >= 0.3 is 7.12 Å². The van der Waals surface area contributed by atoms with Crippen molar-refractivity contribution in [3.63, 3.8) is 0 Å². The summed E-state index contributed by atoms with van der Waals surface area (Å²) < 4.78 is 25.3. The molecule has 12 aromatic carbocycles. The molecule has 0 aliphatic heterocycles. The van der Waals surface area contributed by atoms with Crippen LogP contribution in [0, 0.1) is 12.8 Å². The van der Waals surface area contributed by atoms with Crippen molar-refractivity contribution in [2.75, 3.05) is 0 Å². The number of fused-ring (bicyclic) bond motifs is 12. The van der Waals surface area contributed by atoms with Gasteiger partial charge in [-0.15, -0.1) is 0 Å². The number of hydrogen-bond acceptors (Lipinski definition) is 12. The molecule has 0 spiro atoms. The van der Waals surface area contributed by atoms with Crippen LogP contribution >= 0.6 is 39.1 Å². The lowest BCUT2D eigenvalue weighted by molar-refractivity contribution is 0.422. The number of benzene rings is 12. The first-order valence-electron chi connectivity index (χ1n) is 30.6. The van der Waals surface area contributed by atoms with E-state index in [9.17, 15) is 10.0 Å². The molecule has 0 aliphatic rings. The van der Waals surface area contributed by atoms with Crippen LogP contribution in [0.15, 0.2) is 289 Å². The topological polar surface area (TPSA) is 170 Å². The van der Waals surface area contributed by atoms with Crippen LogP contribution in [0.2, 0.25) is 10.0 Å². The van der Waals surface area contributed by atoms with Crippen LogP contribution in [-0.4, -0.2) is 62.5 Å². The van der Waals surface area contributed by atoms with Crippen LogP contribution in [-0.2, 0) is 0 Å². The van der Waals surface area contributed by atoms with Gasteiger partial charge < -0.3 is 40.6 Å². The molecule has 0 amide bonds. The number of nitrogens with zero attached hydrogens (tertiary/aromatic N) is 6. The number of aromatic nitrogens is 6. The van der Waals surface area contributed by atoms with Crippen molar-refractivity contribution in [2.45, 2.75) is 0 Å². The predicted molar refractivity (Wildman–Crippen MR) is 401 cm³/mol. The van der Waals surface area contributed by atoms with Gasteiger partial charge in [0, 0.05) is 114 Å². The van der Waals surface area contributed by atoms with E-state index in [1.54, 1.807) is 0 Å². The van der Waals surface area contributed by atoms with E-state index in [0.29, 0.717) is 39.2 Å². The minimum atomic E-state index is -1.74. The fraction of sp³-hybridized carbons (Fsp3) is 0. The normalized spacial score (nSPS) is 11.1. The van der Waals surface area contributed by atoms with Gasteiger partial charge in [0.1, 0.15) is 44.7 Å². The molecular formula is C80H47B3BrCl2N6O6-. The van der Waals surface area contributed by atoms with Crippen LogP contribution in [0.4, 0.5) is 0 Å². The van der Waals surface area contributed by atoms with E-state index < -0.39 is 7.12 Å². The first-order valence-corrected chi connectivity index (χ1v) is 32.2. The second-order valence-electron chi connectivity index (χ2n) is 22.3. The monoisotopic (exact) mass is 1370 g/mol. The van der Waals surface area contributed by atoms with Gasteiger partial charge in [-0.3, -0.25) is 0 Å². The lowest BCUT2D eigenvalue weighted by Crippen LogP contribution is -2.36. The van der Waals surface area contributed by atoms with Crippen molar-refractivity contribution in [1.29, 1.82) is 0 Å². The summed E-state index contributed by atoms with van der Waals surface area (Å²) in [6, 6.07) is 87.4. The molecule has 6 aromatic heterocycles. The van der Waals surface area contributed by atoms with Gasteiger partial charge in [-0.05, 0) is 90.0 Å². The van der Waals surface area contributed by atoms with Crippen molar-refractivity contribution in [3.8, 4) is 85.6 Å². The summed E-state index contributed by atoms with van der Waals surface area (Å²) in [4.78, 5) is 27.2. The van der Waals surface area contributed by atoms with E-state index in [1.807, 2.05) is 212 Å². The summed E-state index contributed by atoms with van der Waals surface area (Å²) in [5, 5.41) is 28.5. The molecule has 2 N–H and O–H groups in total. The summed E-state index contributed by atoms with van der Waals surface area (Å²) in [5.74, 6) is 2.64. The highest BCUT2D eigenvalue weighted by atomic mass is 79.9. The van der Waals surface area contributed by atoms with E-state index >= 15 is 0 Å². The maximum Gasteiger partial charge on any atom is 0.528 e. The highest BCUT2D eigenvalue weighted by molar-refractivity contribution is 9.10. The molecule has 0 bridgehead atoms. The van der Waals surface area contributed by atoms with Crippen LogP contribution in [0.5, 0.6) is 0 Å². The SMILES string of the molecule is Clc1cc2oc3ccccc3c2cc1-c1ccc2oc3cc(-c4nc(-c5ccccc5)nc(-c5ccccc5)n4)ccc3c2c1.Clc1cc2oc3ccccc3c2cc1-c1ccc2oc3cc(Br)ccc3c2c1.OB(O)c1nc(-c2ccccc2)nc(-c2ccccc2)n1.[B][B].[C-]#C. The largest absolute Gasteiger partial charge is 0.697 e. The maximum absolute atomic E-state index is 9.37. The minimum absolute atomic E-state index is 0.0669. The number of rotatable bonds is 8. The third kappa shape index (κ3) is 12.8. The molecule has 18 aromatic rings. The van der Waals surface area contributed by atoms with Crippen molar-refractivity contribution in [2.24, 2.45) is 0 Å². The Morgan fingerprint density at radius 3 is 1.02 bits per heavy atom. The summed E-state index contributed by atoms with van der Waals surface area (Å²) in [6.07, 6.45) is 9.00. The Hall–Kier alpha value is -11.4. The minimum Gasteiger partial charge on any atom is -0.697 e. The second kappa shape index (κ2) is 28.1. The lowest BCUT2D eigenvalue weighted by atomic mass is 9.81. The van der Waals surface area contributed by atoms with Gasteiger partial charge in [-0.25, -0.2) is 29.9 Å². The quantitative estimate of drug-likeness (QED) is 0.0840. The second-order valence-corrected chi connectivity index (χ2v) is 24.0. The molecule has 464 valence electrons. The predicted octanol–water partition coefficient (Wildman–Crippen LogP) is 19.9. The Labute approximate surface area is 582 Å². The fourth-order valence-electron chi connectivity index (χ4n) is 11.8. The molecule has 6 heterocycles. The van der Waals surface area contributed by atoms with E-state index in [0.717, 1.165) is 142 Å². The Bertz CT molecular complexity index is 5860. The molecule has 0 fully saturated rings. The van der Waals surface area contributed by atoms with Gasteiger partial charge in [0.05, 0.1) is 10.0 Å². The van der Waals surface area contributed by atoms with Gasteiger partial charge in [0.25, 0.3) is 0 Å². The van der Waals surface area contributed by atoms with Crippen LogP contribution in [0.3, 0.4) is 0 Å². The molecule has 18 rings (SSSR count). The summed E-state index contributed by atoms with van der Waals surface area (Å²) in [7, 11) is 6.26. The Morgan fingerprint density at radius 2 is 0.612 bits per heavy atom. The van der Waals surface area contributed by atoms with Crippen molar-refractivity contribution in [3.05, 3.63) is 288 Å². The fourth-order valence-corrected chi connectivity index (χ4v) is 12.7. The summed E-state index contributed by atoms with van der Waals surface area (Å²) >= 11 is 17.0. The van der Waals surface area contributed by atoms with Gasteiger partial charge in [-0.2, -0.15) is 0 Å². The third-order valence-corrected chi connectivity index (χ3v) is 17.5. The molecule has 0 atom stereocenters. The smallest absolute Gasteiger partial charge is 0.528 e. The van der Waals surface area contributed by atoms with E-state index in [1.165, 1.54) is 0 Å². The Balaban J connectivity index is 0.000000133. The average Bonchev–Trinajstić information content (AvgIpc) is 1.58. The zero-order valence-electron chi connectivity index (χ0n) is 51.6. The molecule has 0 saturated carbocycles. The highest BCUT2D eigenvalue weighted by Crippen LogP contribution is 2.43. The van der Waals surface area contributed by atoms with Crippen molar-refractivity contribution in [1.82, 2.24) is 29.9 Å². The number of halogens is 3. The molecule has 18 heteroatoms. The first kappa shape index (κ1) is 64.0. The molecule has 12 nitrogen and oxygen atoms in total. The van der Waals surface area contributed by atoms with E-state index in [4.69, 9.17) is 62.2 Å². The van der Waals surface area contributed by atoms with E-state index in [-0.39, 0.29) is 5.72 Å². The number of para-hydroxylation sites is 2. The Kier molecular flexibility index (Phi) is 18.4. The van der Waals surface area contributed by atoms with Gasteiger partial charge in [-0.1, -0.05) is 215 Å². The first-order chi connectivity index (χ1) is 48.1. The van der Waals surface area contributed by atoms with Crippen LogP contribution in [0.25, 0.3) is 167 Å². The molecule has 0 aliphatic carbocycles. The third-order valence-electron chi connectivity index (χ3n) is 16.4. The zero-order chi connectivity index (χ0) is 67.4. The number of terminal acetylenes is 1. The van der Waals surface area contributed by atoms with Crippen LogP contribution in [0.1, 0.15) is 0 Å². The summed E-state index contributed by atoms with van der Waals surface area (Å²) in [5.41, 5.74) is 14.8. The van der Waals surface area contributed by atoms with Gasteiger partial charge in [0.2, 0.25) is 0 Å². The molecule has 4 radical (unpaired) electrons. The number of furan rings is 4. The maximum atomic E-state index is 9.37. The Morgan fingerprint density at radius 1 is 0.306 bits per heavy atom. The average molecular weight is 1370 g/mol. The van der Waals surface area contributed by atoms with Crippen LogP contribution < -0.4 is 5.72 Å². The van der Waals surface area contributed by atoms with E-state index in [2.05, 4.69) is 107 Å². The lowest BCUT2D eigenvalue weighted by Gasteiger charge is -2.08. The molecule has 0 saturated heterocycles. The van der Waals surface area contributed by atoms with Gasteiger partial charge in [0.15, 0.2) is 34.8 Å².